The van der Waals surface area contributed by atoms with Crippen LogP contribution in [0, 0.1) is 5.92 Å². The van der Waals surface area contributed by atoms with Crippen molar-refractivity contribution in [3.05, 3.63) is 47.6 Å². The maximum absolute atomic E-state index is 12.9. The number of nitrogens with two attached hydrogens (primary N) is 1. The molecular formula is C20H31Cl2N5O2. The molecule has 3 unspecified atom stereocenters. The first-order valence-electron chi connectivity index (χ1n) is 9.67. The Kier molecular flexibility index (Phi) is 10.1. The minimum Gasteiger partial charge on any atom is -0.340 e. The number of carbonyl (C=O) groups is 1. The van der Waals surface area contributed by atoms with Gasteiger partial charge in [-0.25, -0.2) is 0 Å². The van der Waals surface area contributed by atoms with Gasteiger partial charge >= 0.3 is 0 Å². The van der Waals surface area contributed by atoms with Crippen molar-refractivity contribution >= 4 is 30.7 Å². The molecule has 9 heteroatoms. The van der Waals surface area contributed by atoms with E-state index in [2.05, 4.69) is 22.0 Å². The molecule has 3 atom stereocenters. The summed E-state index contributed by atoms with van der Waals surface area (Å²) in [5.41, 5.74) is 7.32. The molecule has 0 aliphatic carbocycles. The lowest BCUT2D eigenvalue weighted by Gasteiger charge is -2.38. The van der Waals surface area contributed by atoms with Crippen LogP contribution in [0.3, 0.4) is 0 Å². The second-order valence-electron chi connectivity index (χ2n) is 7.16. The largest absolute Gasteiger partial charge is 0.340 e. The molecule has 2 heterocycles. The number of nitrogens with zero attached hydrogens (tertiary/aromatic N) is 4. The lowest BCUT2D eigenvalue weighted by Crippen LogP contribution is -2.51. The first-order valence-corrected chi connectivity index (χ1v) is 9.67. The van der Waals surface area contributed by atoms with E-state index in [-0.39, 0.29) is 48.7 Å². The molecule has 7 nitrogen and oxygen atoms in total. The Morgan fingerprint density at radius 1 is 1.14 bits per heavy atom. The van der Waals surface area contributed by atoms with Gasteiger partial charge in [0, 0.05) is 38.6 Å². The zero-order valence-electron chi connectivity index (χ0n) is 17.2. The van der Waals surface area contributed by atoms with Crippen LogP contribution in [0.1, 0.15) is 50.1 Å². The second kappa shape index (κ2) is 11.5. The molecule has 162 valence electrons. The summed E-state index contributed by atoms with van der Waals surface area (Å²) in [6.07, 6.45) is 0.762. The standard InChI is InChI=1S/C20H29N5O2.2ClH/c1-4-17-22-19(27-23-17)15(3)24-10-12-25(13-11-24)20(26)14(2)18(21)16-8-6-5-7-9-16;;/h5-9,14-15,18H,4,10-13,21H2,1-3H3;2*1H. The number of hydrogen-bond donors (Lipinski definition) is 1. The summed E-state index contributed by atoms with van der Waals surface area (Å²) in [5.74, 6) is 1.24. The van der Waals surface area contributed by atoms with E-state index < -0.39 is 0 Å². The Bertz CT molecular complexity index is 750. The number of amides is 1. The molecule has 1 fully saturated rings. The van der Waals surface area contributed by atoms with Crippen molar-refractivity contribution in [1.29, 1.82) is 0 Å². The predicted octanol–water partition coefficient (Wildman–Crippen LogP) is 3.02. The molecule has 0 bridgehead atoms. The summed E-state index contributed by atoms with van der Waals surface area (Å²) in [4.78, 5) is 21.5. The van der Waals surface area contributed by atoms with Crippen LogP contribution in [0.15, 0.2) is 34.9 Å². The summed E-state index contributed by atoms with van der Waals surface area (Å²) in [7, 11) is 0. The molecule has 29 heavy (non-hydrogen) atoms. The molecule has 2 N–H and O–H groups in total. The van der Waals surface area contributed by atoms with Gasteiger partial charge in [0.05, 0.1) is 12.0 Å². The fourth-order valence-corrected chi connectivity index (χ4v) is 3.47. The first-order chi connectivity index (χ1) is 13.0. The Morgan fingerprint density at radius 2 is 1.76 bits per heavy atom. The van der Waals surface area contributed by atoms with E-state index in [1.54, 1.807) is 0 Å². The third kappa shape index (κ3) is 5.92. The monoisotopic (exact) mass is 443 g/mol. The van der Waals surface area contributed by atoms with Crippen LogP contribution in [0.4, 0.5) is 0 Å². The highest BCUT2D eigenvalue weighted by Gasteiger charge is 2.31. The average molecular weight is 444 g/mol. The molecule has 1 aromatic carbocycles. The van der Waals surface area contributed by atoms with E-state index in [4.69, 9.17) is 10.3 Å². The normalized spacial score (nSPS) is 17.6. The fraction of sp³-hybridized carbons (Fsp3) is 0.550. The maximum atomic E-state index is 12.9. The zero-order valence-corrected chi connectivity index (χ0v) is 18.8. The number of hydrogen-bond acceptors (Lipinski definition) is 6. The van der Waals surface area contributed by atoms with Gasteiger partial charge in [-0.2, -0.15) is 4.98 Å². The highest BCUT2D eigenvalue weighted by molar-refractivity contribution is 5.85. The zero-order chi connectivity index (χ0) is 19.4. The van der Waals surface area contributed by atoms with Gasteiger partial charge in [-0.1, -0.05) is 49.3 Å². The van der Waals surface area contributed by atoms with Crippen LogP contribution < -0.4 is 5.73 Å². The number of aryl methyl sites for hydroxylation is 1. The molecule has 1 aliphatic rings. The lowest BCUT2D eigenvalue weighted by atomic mass is 9.94. The molecule has 0 saturated carbocycles. The number of carbonyl (C=O) groups excluding carboxylic acids is 1. The van der Waals surface area contributed by atoms with E-state index in [1.807, 2.05) is 49.1 Å². The molecule has 1 aliphatic heterocycles. The Hall–Kier alpha value is -1.67. The van der Waals surface area contributed by atoms with Gasteiger partial charge in [0.1, 0.15) is 0 Å². The van der Waals surface area contributed by atoms with Gasteiger partial charge in [-0.15, -0.1) is 24.8 Å². The smallest absolute Gasteiger partial charge is 0.243 e. The molecule has 1 saturated heterocycles. The number of rotatable bonds is 6. The third-order valence-corrected chi connectivity index (χ3v) is 5.44. The average Bonchev–Trinajstić information content (AvgIpc) is 3.21. The van der Waals surface area contributed by atoms with Crippen LogP contribution in [-0.2, 0) is 11.2 Å². The summed E-state index contributed by atoms with van der Waals surface area (Å²) < 4.78 is 5.36. The molecule has 0 spiro atoms. The fourth-order valence-electron chi connectivity index (χ4n) is 3.47. The minimum absolute atomic E-state index is 0. The SMILES string of the molecule is CCc1noc(C(C)N2CCN(C(=O)C(C)C(N)c3ccccc3)CC2)n1.Cl.Cl. The summed E-state index contributed by atoms with van der Waals surface area (Å²) in [6, 6.07) is 9.57. The van der Waals surface area contributed by atoms with Gasteiger partial charge in [0.2, 0.25) is 11.8 Å². The molecular weight excluding hydrogens is 413 g/mol. The van der Waals surface area contributed by atoms with E-state index in [0.29, 0.717) is 19.0 Å². The van der Waals surface area contributed by atoms with Gasteiger partial charge in [-0.3, -0.25) is 9.69 Å². The van der Waals surface area contributed by atoms with Crippen LogP contribution in [-0.4, -0.2) is 52.0 Å². The van der Waals surface area contributed by atoms with Crippen molar-refractivity contribution in [3.63, 3.8) is 0 Å². The second-order valence-corrected chi connectivity index (χ2v) is 7.16. The molecule has 1 amide bonds. The van der Waals surface area contributed by atoms with Crippen molar-refractivity contribution in [2.75, 3.05) is 26.2 Å². The number of halogens is 2. The Morgan fingerprint density at radius 3 is 2.31 bits per heavy atom. The van der Waals surface area contributed by atoms with Crippen LogP contribution in [0.25, 0.3) is 0 Å². The topological polar surface area (TPSA) is 88.5 Å². The van der Waals surface area contributed by atoms with Gasteiger partial charge in [-0.05, 0) is 12.5 Å². The van der Waals surface area contributed by atoms with E-state index >= 15 is 0 Å². The van der Waals surface area contributed by atoms with E-state index in [9.17, 15) is 4.79 Å². The molecule has 0 radical (unpaired) electrons. The predicted molar refractivity (Wildman–Crippen MR) is 117 cm³/mol. The minimum atomic E-state index is -0.290. The maximum Gasteiger partial charge on any atom is 0.243 e. The van der Waals surface area contributed by atoms with Crippen LogP contribution in [0.5, 0.6) is 0 Å². The number of benzene rings is 1. The van der Waals surface area contributed by atoms with Gasteiger partial charge < -0.3 is 15.2 Å². The van der Waals surface area contributed by atoms with Crippen molar-refractivity contribution in [1.82, 2.24) is 19.9 Å². The number of aromatic nitrogens is 2. The van der Waals surface area contributed by atoms with Crippen molar-refractivity contribution in [3.8, 4) is 0 Å². The molecule has 3 rings (SSSR count). The van der Waals surface area contributed by atoms with Crippen molar-refractivity contribution in [2.45, 2.75) is 39.3 Å². The highest BCUT2D eigenvalue weighted by Crippen LogP contribution is 2.24. The van der Waals surface area contributed by atoms with Crippen LogP contribution >= 0.6 is 24.8 Å². The summed E-state index contributed by atoms with van der Waals surface area (Å²) in [5, 5.41) is 3.97. The van der Waals surface area contributed by atoms with Gasteiger partial charge in [0.25, 0.3) is 0 Å². The van der Waals surface area contributed by atoms with Gasteiger partial charge in [0.15, 0.2) is 5.82 Å². The van der Waals surface area contributed by atoms with E-state index in [1.165, 1.54) is 0 Å². The van der Waals surface area contributed by atoms with E-state index in [0.717, 1.165) is 30.9 Å². The Labute approximate surface area is 184 Å². The Balaban J connectivity index is 0.00000210. The number of piperazine rings is 1. The third-order valence-electron chi connectivity index (χ3n) is 5.44. The van der Waals surface area contributed by atoms with Crippen LogP contribution in [0.2, 0.25) is 0 Å². The quantitative estimate of drug-likeness (QED) is 0.737. The summed E-state index contributed by atoms with van der Waals surface area (Å²) >= 11 is 0. The molecule has 2 aromatic rings. The lowest BCUT2D eigenvalue weighted by molar-refractivity contribution is -0.137. The molecule has 1 aromatic heterocycles. The summed E-state index contributed by atoms with van der Waals surface area (Å²) in [6.45, 7) is 8.92. The highest BCUT2D eigenvalue weighted by atomic mass is 35.5. The first kappa shape index (κ1) is 25.4. The van der Waals surface area contributed by atoms with Crippen molar-refractivity contribution in [2.24, 2.45) is 11.7 Å². The van der Waals surface area contributed by atoms with Crippen molar-refractivity contribution < 1.29 is 9.32 Å².